The van der Waals surface area contributed by atoms with E-state index in [0.29, 0.717) is 0 Å². The lowest BCUT2D eigenvalue weighted by molar-refractivity contribution is -0.178. The highest BCUT2D eigenvalue weighted by atomic mass is 19.3. The molecule has 72 valence electrons. The Hall–Kier alpha value is -1.04. The first kappa shape index (κ1) is 8.55. The molecule has 0 unspecified atom stereocenters. The minimum atomic E-state index is -3.99. The van der Waals surface area contributed by atoms with Gasteiger partial charge in [-0.3, -0.25) is 0 Å². The molecule has 1 saturated heterocycles. The summed E-state index contributed by atoms with van der Waals surface area (Å²) in [6.45, 7) is 0. The van der Waals surface area contributed by atoms with Crippen LogP contribution in [0.2, 0.25) is 0 Å². The summed E-state index contributed by atoms with van der Waals surface area (Å²) >= 11 is 0. The summed E-state index contributed by atoms with van der Waals surface area (Å²) in [4.78, 5) is 10.4. The molecule has 0 amide bonds. The van der Waals surface area contributed by atoms with E-state index < -0.39 is 29.8 Å². The molecule has 1 N–H and O–H groups in total. The molecule has 0 spiro atoms. The molecule has 0 saturated carbocycles. The lowest BCUT2D eigenvalue weighted by Crippen LogP contribution is -2.56. The predicted octanol–water partition coefficient (Wildman–Crippen LogP) is 0.752. The summed E-state index contributed by atoms with van der Waals surface area (Å²) in [5.41, 5.74) is -3.62. The van der Waals surface area contributed by atoms with Crippen LogP contribution < -0.4 is 0 Å². The van der Waals surface area contributed by atoms with Crippen LogP contribution in [-0.4, -0.2) is 34.9 Å². The number of aliphatic carboxylic acids is 1. The minimum absolute atomic E-state index is 0.978. The fourth-order valence-corrected chi connectivity index (χ4v) is 1.54. The first-order valence-corrected chi connectivity index (χ1v) is 3.54. The molecule has 2 aliphatic heterocycles. The van der Waals surface area contributed by atoms with Crippen LogP contribution in [0.4, 0.5) is 13.2 Å². The molecule has 3 nitrogen and oxygen atoms in total. The molecule has 2 aliphatic rings. The van der Waals surface area contributed by atoms with Crippen LogP contribution in [-0.2, 0) is 9.53 Å². The number of carboxylic acid groups (broad SMARTS) is 1. The van der Waals surface area contributed by atoms with E-state index in [-0.39, 0.29) is 0 Å². The van der Waals surface area contributed by atoms with Gasteiger partial charge in [0.25, 0.3) is 0 Å². The van der Waals surface area contributed by atoms with E-state index in [1.165, 1.54) is 0 Å². The molecule has 2 heterocycles. The van der Waals surface area contributed by atoms with Crippen molar-refractivity contribution in [2.45, 2.75) is 23.8 Å². The van der Waals surface area contributed by atoms with Crippen molar-refractivity contribution in [1.82, 2.24) is 0 Å². The van der Waals surface area contributed by atoms with Gasteiger partial charge in [0, 0.05) is 0 Å². The number of alkyl halides is 3. The Labute approximate surface area is 70.8 Å². The Balaban J connectivity index is 2.50. The molecule has 2 rings (SSSR count). The largest absolute Gasteiger partial charge is 0.479 e. The van der Waals surface area contributed by atoms with Crippen LogP contribution in [0.15, 0.2) is 12.2 Å². The van der Waals surface area contributed by atoms with Crippen molar-refractivity contribution < 1.29 is 27.8 Å². The van der Waals surface area contributed by atoms with Gasteiger partial charge in [0.2, 0.25) is 0 Å². The third-order valence-electron chi connectivity index (χ3n) is 2.30. The number of hydrogen-bond donors (Lipinski definition) is 1. The SMILES string of the molecule is O=C(O)[C@]1(F)[C@H]2C=C[C@@H](O2)C1(F)F. The number of carboxylic acids is 1. The highest BCUT2D eigenvalue weighted by Crippen LogP contribution is 2.51. The van der Waals surface area contributed by atoms with Crippen molar-refractivity contribution in [3.8, 4) is 0 Å². The third kappa shape index (κ3) is 0.720. The Morgan fingerprint density at radius 3 is 2.15 bits per heavy atom. The van der Waals surface area contributed by atoms with E-state index >= 15 is 0 Å². The van der Waals surface area contributed by atoms with Gasteiger partial charge >= 0.3 is 17.6 Å². The second-order valence-electron chi connectivity index (χ2n) is 3.00. The van der Waals surface area contributed by atoms with Gasteiger partial charge in [-0.05, 0) is 0 Å². The molecule has 6 heteroatoms. The number of ether oxygens (including phenoxy) is 1. The van der Waals surface area contributed by atoms with Gasteiger partial charge in [-0.2, -0.15) is 8.78 Å². The zero-order valence-electron chi connectivity index (χ0n) is 6.21. The number of carbonyl (C=O) groups is 1. The topological polar surface area (TPSA) is 46.5 Å². The van der Waals surface area contributed by atoms with Crippen molar-refractivity contribution in [1.29, 1.82) is 0 Å². The third-order valence-corrected chi connectivity index (χ3v) is 2.30. The molecular formula is C7H5F3O3. The van der Waals surface area contributed by atoms with Crippen LogP contribution in [0.3, 0.4) is 0 Å². The Bertz CT molecular complexity index is 301. The average molecular weight is 194 g/mol. The zero-order chi connectivity index (χ0) is 9.85. The van der Waals surface area contributed by atoms with E-state index in [4.69, 9.17) is 5.11 Å². The quantitative estimate of drug-likeness (QED) is 0.626. The van der Waals surface area contributed by atoms with Gasteiger partial charge in [-0.25, -0.2) is 9.18 Å². The van der Waals surface area contributed by atoms with Gasteiger partial charge in [-0.1, -0.05) is 12.2 Å². The molecule has 3 atom stereocenters. The molecule has 13 heavy (non-hydrogen) atoms. The van der Waals surface area contributed by atoms with Crippen LogP contribution in [0.5, 0.6) is 0 Å². The molecule has 2 bridgehead atoms. The number of rotatable bonds is 1. The lowest BCUT2D eigenvalue weighted by Gasteiger charge is -2.27. The number of halogens is 3. The van der Waals surface area contributed by atoms with Crippen LogP contribution >= 0.6 is 0 Å². The highest BCUT2D eigenvalue weighted by Gasteiger charge is 2.76. The van der Waals surface area contributed by atoms with E-state index in [9.17, 15) is 18.0 Å². The Morgan fingerprint density at radius 2 is 1.85 bits per heavy atom. The summed E-state index contributed by atoms with van der Waals surface area (Å²) in [6.07, 6.45) is -1.44. The van der Waals surface area contributed by atoms with Crippen LogP contribution in [0.25, 0.3) is 0 Å². The standard InChI is InChI=1S/C7H5F3O3/c8-6(5(11)12)3-1-2-4(13-3)7(6,9)10/h1-4H,(H,11,12)/t3-,4-,6-/m1/s1. The van der Waals surface area contributed by atoms with E-state index in [2.05, 4.69) is 4.74 Å². The maximum atomic E-state index is 13.4. The maximum Gasteiger partial charge on any atom is 0.351 e. The van der Waals surface area contributed by atoms with E-state index in [0.717, 1.165) is 12.2 Å². The van der Waals surface area contributed by atoms with Crippen molar-refractivity contribution >= 4 is 5.97 Å². The fourth-order valence-electron chi connectivity index (χ4n) is 1.54. The summed E-state index contributed by atoms with van der Waals surface area (Å²) in [5.74, 6) is -6.17. The van der Waals surface area contributed by atoms with E-state index in [1.54, 1.807) is 0 Å². The molecule has 0 aromatic carbocycles. The smallest absolute Gasteiger partial charge is 0.351 e. The second-order valence-corrected chi connectivity index (χ2v) is 3.00. The van der Waals surface area contributed by atoms with Gasteiger partial charge in [-0.15, -0.1) is 0 Å². The summed E-state index contributed by atoms with van der Waals surface area (Å²) in [7, 11) is 0. The predicted molar refractivity (Wildman–Crippen MR) is 34.2 cm³/mol. The molecule has 0 aromatic rings. The molecule has 0 aromatic heterocycles. The van der Waals surface area contributed by atoms with Crippen molar-refractivity contribution in [3.63, 3.8) is 0 Å². The van der Waals surface area contributed by atoms with Crippen molar-refractivity contribution in [3.05, 3.63) is 12.2 Å². The van der Waals surface area contributed by atoms with Gasteiger partial charge in [0.05, 0.1) is 0 Å². The normalized spacial score (nSPS) is 45.5. The van der Waals surface area contributed by atoms with Gasteiger partial charge in [0.15, 0.2) is 0 Å². The summed E-state index contributed by atoms with van der Waals surface area (Å²) in [6, 6.07) is 0. The Kier molecular flexibility index (Phi) is 1.36. The summed E-state index contributed by atoms with van der Waals surface area (Å²) < 4.78 is 43.8. The van der Waals surface area contributed by atoms with Gasteiger partial charge < -0.3 is 9.84 Å². The Morgan fingerprint density at radius 1 is 1.31 bits per heavy atom. The molecule has 0 radical (unpaired) electrons. The lowest BCUT2D eigenvalue weighted by atomic mass is 9.87. The maximum absolute atomic E-state index is 13.4. The van der Waals surface area contributed by atoms with Crippen molar-refractivity contribution in [2.75, 3.05) is 0 Å². The first-order valence-electron chi connectivity index (χ1n) is 3.54. The summed E-state index contributed by atoms with van der Waals surface area (Å²) in [5, 5.41) is 8.36. The van der Waals surface area contributed by atoms with Crippen LogP contribution in [0.1, 0.15) is 0 Å². The zero-order valence-corrected chi connectivity index (χ0v) is 6.21. The fraction of sp³-hybridized carbons (Fsp3) is 0.571. The molecular weight excluding hydrogens is 189 g/mol. The number of fused-ring (bicyclic) bond motifs is 2. The minimum Gasteiger partial charge on any atom is -0.479 e. The average Bonchev–Trinajstić information content (AvgIpc) is 2.54. The van der Waals surface area contributed by atoms with Crippen LogP contribution in [0, 0.1) is 0 Å². The highest BCUT2D eigenvalue weighted by molar-refractivity contribution is 5.81. The molecule has 1 fully saturated rings. The van der Waals surface area contributed by atoms with E-state index in [1.807, 2.05) is 0 Å². The molecule has 0 aliphatic carbocycles. The van der Waals surface area contributed by atoms with Gasteiger partial charge in [0.1, 0.15) is 12.2 Å². The second kappa shape index (κ2) is 2.06. The number of hydrogen-bond acceptors (Lipinski definition) is 2. The first-order chi connectivity index (χ1) is 5.90. The monoisotopic (exact) mass is 194 g/mol. The van der Waals surface area contributed by atoms with Crippen molar-refractivity contribution in [2.24, 2.45) is 0 Å².